The first-order valence-corrected chi connectivity index (χ1v) is 10.5. The highest BCUT2D eigenvalue weighted by atomic mass is 16.5. The minimum absolute atomic E-state index is 0.177. The predicted molar refractivity (Wildman–Crippen MR) is 106 cm³/mol. The van der Waals surface area contributed by atoms with Crippen molar-refractivity contribution in [2.75, 3.05) is 38.2 Å². The first-order valence-electron chi connectivity index (χ1n) is 10.5. The van der Waals surface area contributed by atoms with E-state index in [1.807, 2.05) is 18.2 Å². The highest BCUT2D eigenvalue weighted by Gasteiger charge is 2.49. The zero-order chi connectivity index (χ0) is 18.7. The van der Waals surface area contributed by atoms with Crippen LogP contribution in [-0.4, -0.2) is 38.8 Å². The van der Waals surface area contributed by atoms with E-state index >= 15 is 0 Å². The van der Waals surface area contributed by atoms with E-state index in [1.54, 1.807) is 0 Å². The number of carbonyl (C=O) groups is 1. The average Bonchev–Trinajstić information content (AvgIpc) is 3.14. The smallest absolute Gasteiger partial charge is 0.232 e. The van der Waals surface area contributed by atoms with Crippen LogP contribution in [0.4, 0.5) is 5.69 Å². The van der Waals surface area contributed by atoms with Gasteiger partial charge >= 0.3 is 0 Å². The lowest BCUT2D eigenvalue weighted by molar-refractivity contribution is -0.128. The summed E-state index contributed by atoms with van der Waals surface area (Å²) in [6.07, 6.45) is 6.68. The minimum Gasteiger partial charge on any atom is -0.493 e. The van der Waals surface area contributed by atoms with E-state index in [2.05, 4.69) is 17.6 Å². The summed E-state index contributed by atoms with van der Waals surface area (Å²) in [5.74, 6) is 2.08. The van der Waals surface area contributed by atoms with Crippen LogP contribution >= 0.6 is 0 Å². The van der Waals surface area contributed by atoms with Crippen LogP contribution in [-0.2, 0) is 9.53 Å². The molecule has 1 aromatic carbocycles. The number of hydrogen-bond acceptors (Lipinski definition) is 4. The lowest BCUT2D eigenvalue weighted by Gasteiger charge is -2.37. The highest BCUT2D eigenvalue weighted by molar-refractivity contribution is 5.96. The number of nitrogens with one attached hydrogen (secondary N) is 2. The number of anilines is 1. The van der Waals surface area contributed by atoms with E-state index in [0.717, 1.165) is 82.0 Å². The molecule has 148 valence electrons. The average molecular weight is 373 g/mol. The summed E-state index contributed by atoms with van der Waals surface area (Å²) >= 11 is 0. The van der Waals surface area contributed by atoms with Gasteiger partial charge in [-0.25, -0.2) is 0 Å². The van der Waals surface area contributed by atoms with Crippen LogP contribution in [0.15, 0.2) is 18.2 Å². The number of ether oxygens (including phenoxy) is 2. The lowest BCUT2D eigenvalue weighted by atomic mass is 9.67. The normalized spacial score (nSPS) is 28.6. The summed E-state index contributed by atoms with van der Waals surface area (Å²) in [6, 6.07) is 6.02. The summed E-state index contributed by atoms with van der Waals surface area (Å²) in [6.45, 7) is 6.23. The molecule has 5 nitrogen and oxygen atoms in total. The van der Waals surface area contributed by atoms with Crippen molar-refractivity contribution in [1.82, 2.24) is 5.32 Å². The van der Waals surface area contributed by atoms with Gasteiger partial charge in [-0.3, -0.25) is 4.79 Å². The fraction of sp³-hybridized carbons (Fsp3) is 0.682. The molecule has 2 N–H and O–H groups in total. The maximum absolute atomic E-state index is 13.2. The van der Waals surface area contributed by atoms with Crippen LogP contribution in [0.25, 0.3) is 0 Å². The van der Waals surface area contributed by atoms with Crippen LogP contribution in [0.1, 0.15) is 44.1 Å². The Morgan fingerprint density at radius 1 is 1.30 bits per heavy atom. The standard InChI is InChI=1S/C22H32N2O3/c1-16-5-6-19(12-20(16)27-14-17-7-10-26-11-8-17)24-21(25)22-9-3-2-4-18(22)13-23-15-22/h5-6,12,17-18,23H,2-4,7-11,13-15H2,1H3,(H,24,25)/t18-,22+/m0/s1. The van der Waals surface area contributed by atoms with E-state index in [-0.39, 0.29) is 11.3 Å². The fourth-order valence-electron chi connectivity index (χ4n) is 4.90. The number of fused-ring (bicyclic) bond motifs is 1. The van der Waals surface area contributed by atoms with E-state index in [1.165, 1.54) is 6.42 Å². The number of amides is 1. The minimum atomic E-state index is -0.230. The largest absolute Gasteiger partial charge is 0.493 e. The Kier molecular flexibility index (Phi) is 5.69. The van der Waals surface area contributed by atoms with Crippen molar-refractivity contribution in [3.63, 3.8) is 0 Å². The van der Waals surface area contributed by atoms with E-state index in [4.69, 9.17) is 9.47 Å². The van der Waals surface area contributed by atoms with Crippen LogP contribution in [0, 0.1) is 24.2 Å². The van der Waals surface area contributed by atoms with Gasteiger partial charge in [-0.15, -0.1) is 0 Å². The van der Waals surface area contributed by atoms with Crippen LogP contribution < -0.4 is 15.4 Å². The van der Waals surface area contributed by atoms with Crippen LogP contribution in [0.5, 0.6) is 5.75 Å². The number of rotatable bonds is 5. The van der Waals surface area contributed by atoms with Crippen molar-refractivity contribution < 1.29 is 14.3 Å². The van der Waals surface area contributed by atoms with Crippen molar-refractivity contribution in [1.29, 1.82) is 0 Å². The summed E-state index contributed by atoms with van der Waals surface area (Å²) < 4.78 is 11.5. The van der Waals surface area contributed by atoms with Gasteiger partial charge in [0.25, 0.3) is 0 Å². The third kappa shape index (κ3) is 3.99. The fourth-order valence-corrected chi connectivity index (χ4v) is 4.90. The van der Waals surface area contributed by atoms with Gasteiger partial charge in [-0.1, -0.05) is 18.9 Å². The molecule has 0 spiro atoms. The number of carbonyl (C=O) groups excluding carboxylic acids is 1. The lowest BCUT2D eigenvalue weighted by Crippen LogP contribution is -2.44. The molecule has 1 aromatic rings. The molecular formula is C22H32N2O3. The van der Waals surface area contributed by atoms with Gasteiger partial charge in [-0.2, -0.15) is 0 Å². The Labute approximate surface area is 162 Å². The molecule has 0 unspecified atom stereocenters. The Balaban J connectivity index is 1.42. The van der Waals surface area contributed by atoms with Gasteiger partial charge in [0.05, 0.1) is 12.0 Å². The van der Waals surface area contributed by atoms with Gasteiger partial charge in [0, 0.05) is 31.5 Å². The third-order valence-corrected chi connectivity index (χ3v) is 6.75. The van der Waals surface area contributed by atoms with Gasteiger partial charge in [0.15, 0.2) is 0 Å². The molecule has 1 saturated carbocycles. The van der Waals surface area contributed by atoms with Crippen molar-refractivity contribution in [3.05, 3.63) is 23.8 Å². The molecule has 0 bridgehead atoms. The summed E-state index contributed by atoms with van der Waals surface area (Å²) in [4.78, 5) is 13.2. The Bertz CT molecular complexity index is 672. The molecule has 2 heterocycles. The van der Waals surface area contributed by atoms with Crippen molar-refractivity contribution in [3.8, 4) is 5.75 Å². The SMILES string of the molecule is Cc1ccc(NC(=O)[C@@]23CCCC[C@H]2CNC3)cc1OCC1CCOCC1. The quantitative estimate of drug-likeness (QED) is 0.830. The topological polar surface area (TPSA) is 59.6 Å². The van der Waals surface area contributed by atoms with Gasteiger partial charge in [0.1, 0.15) is 5.75 Å². The summed E-state index contributed by atoms with van der Waals surface area (Å²) in [7, 11) is 0. The Hall–Kier alpha value is -1.59. The van der Waals surface area contributed by atoms with E-state index < -0.39 is 0 Å². The highest BCUT2D eigenvalue weighted by Crippen LogP contribution is 2.44. The van der Waals surface area contributed by atoms with Crippen molar-refractivity contribution in [2.45, 2.75) is 45.4 Å². The first kappa shape index (κ1) is 18.8. The van der Waals surface area contributed by atoms with Crippen LogP contribution in [0.2, 0.25) is 0 Å². The Morgan fingerprint density at radius 3 is 3.00 bits per heavy atom. The zero-order valence-electron chi connectivity index (χ0n) is 16.4. The third-order valence-electron chi connectivity index (χ3n) is 6.75. The van der Waals surface area contributed by atoms with E-state index in [0.29, 0.717) is 11.8 Å². The maximum atomic E-state index is 13.2. The summed E-state index contributed by atoms with van der Waals surface area (Å²) in [5, 5.41) is 6.65. The molecule has 2 saturated heterocycles. The molecule has 3 aliphatic rings. The van der Waals surface area contributed by atoms with Gasteiger partial charge < -0.3 is 20.1 Å². The zero-order valence-corrected chi connectivity index (χ0v) is 16.4. The predicted octanol–water partition coefficient (Wildman–Crippen LogP) is 3.52. The van der Waals surface area contributed by atoms with Crippen LogP contribution in [0.3, 0.4) is 0 Å². The van der Waals surface area contributed by atoms with Gasteiger partial charge in [0.2, 0.25) is 5.91 Å². The molecule has 5 heteroatoms. The van der Waals surface area contributed by atoms with Crippen molar-refractivity contribution >= 4 is 11.6 Å². The van der Waals surface area contributed by atoms with Crippen molar-refractivity contribution in [2.24, 2.45) is 17.3 Å². The first-order chi connectivity index (χ1) is 13.2. The molecule has 1 aliphatic carbocycles. The number of hydrogen-bond donors (Lipinski definition) is 2. The second-order valence-corrected chi connectivity index (χ2v) is 8.53. The molecule has 2 atom stereocenters. The molecule has 0 radical (unpaired) electrons. The second-order valence-electron chi connectivity index (χ2n) is 8.53. The Morgan fingerprint density at radius 2 is 2.15 bits per heavy atom. The molecule has 3 fully saturated rings. The van der Waals surface area contributed by atoms with Gasteiger partial charge in [-0.05, 0) is 62.6 Å². The summed E-state index contributed by atoms with van der Waals surface area (Å²) in [5.41, 5.74) is 1.72. The second kappa shape index (κ2) is 8.19. The molecule has 1 amide bonds. The molecule has 2 aliphatic heterocycles. The monoisotopic (exact) mass is 372 g/mol. The maximum Gasteiger partial charge on any atom is 0.232 e. The number of benzene rings is 1. The number of aryl methyl sites for hydroxylation is 1. The van der Waals surface area contributed by atoms with E-state index in [9.17, 15) is 4.79 Å². The molecule has 27 heavy (non-hydrogen) atoms. The molecule has 0 aromatic heterocycles. The molecular weight excluding hydrogens is 340 g/mol. The molecule has 4 rings (SSSR count).